The predicted octanol–water partition coefficient (Wildman–Crippen LogP) is 15.2. The lowest BCUT2D eigenvalue weighted by Crippen LogP contribution is -1.85. The molecular formula is C40H44S5. The predicted molar refractivity (Wildman–Crippen MR) is 208 cm³/mol. The fourth-order valence-corrected chi connectivity index (χ4v) is 11.7. The van der Waals surface area contributed by atoms with Crippen LogP contribution in [0.1, 0.15) is 86.8 Å². The Morgan fingerprint density at radius 1 is 0.422 bits per heavy atom. The van der Waals surface area contributed by atoms with Crippen LogP contribution in [0.15, 0.2) is 72.8 Å². The molecule has 0 bridgehead atoms. The topological polar surface area (TPSA) is 0 Å². The van der Waals surface area contributed by atoms with E-state index in [9.17, 15) is 0 Å². The van der Waals surface area contributed by atoms with Crippen LogP contribution in [0.25, 0.3) is 49.5 Å². The van der Waals surface area contributed by atoms with Crippen molar-refractivity contribution < 1.29 is 0 Å². The molecule has 0 aliphatic rings. The summed E-state index contributed by atoms with van der Waals surface area (Å²) in [6.45, 7) is 8.97. The van der Waals surface area contributed by atoms with Crippen molar-refractivity contribution in [1.82, 2.24) is 0 Å². The normalized spacial score (nSPS) is 11.6. The van der Waals surface area contributed by atoms with E-state index in [0.717, 1.165) is 0 Å². The van der Waals surface area contributed by atoms with E-state index in [-0.39, 0.29) is 0 Å². The lowest BCUT2D eigenvalue weighted by atomic mass is 10.1. The Balaban J connectivity index is 1.23. The van der Waals surface area contributed by atoms with E-state index >= 15 is 0 Å². The van der Waals surface area contributed by atoms with Crippen LogP contribution in [0.5, 0.6) is 0 Å². The van der Waals surface area contributed by atoms with Gasteiger partial charge in [0, 0.05) is 48.8 Å². The Kier molecular flexibility index (Phi) is 11.3. The Morgan fingerprint density at radius 3 is 1.60 bits per heavy atom. The lowest BCUT2D eigenvalue weighted by Gasteiger charge is -2.02. The van der Waals surface area contributed by atoms with Gasteiger partial charge in [0.2, 0.25) is 0 Å². The van der Waals surface area contributed by atoms with Gasteiger partial charge in [-0.3, -0.25) is 0 Å². The van der Waals surface area contributed by atoms with Gasteiger partial charge >= 0.3 is 0 Å². The zero-order valence-corrected chi connectivity index (χ0v) is 31.1. The van der Waals surface area contributed by atoms with E-state index in [1.807, 2.05) is 56.7 Å². The fourth-order valence-electron chi connectivity index (χ4n) is 5.99. The Hall–Kier alpha value is -2.28. The van der Waals surface area contributed by atoms with Gasteiger partial charge in [0.1, 0.15) is 0 Å². The maximum absolute atomic E-state index is 2.51. The van der Waals surface area contributed by atoms with Crippen LogP contribution in [0.3, 0.4) is 0 Å². The average Bonchev–Trinajstić information content (AvgIpc) is 3.86. The first-order valence-electron chi connectivity index (χ1n) is 16.6. The molecule has 0 spiro atoms. The number of thiophene rings is 5. The van der Waals surface area contributed by atoms with Crippen molar-refractivity contribution in [2.75, 3.05) is 0 Å². The minimum atomic E-state index is 1.17. The quantitative estimate of drug-likeness (QED) is 0.0945. The second-order valence-corrected chi connectivity index (χ2v) is 17.7. The van der Waals surface area contributed by atoms with E-state index in [0.29, 0.717) is 0 Å². The number of hydrogen-bond donors (Lipinski definition) is 0. The Bertz CT molecular complexity index is 1800. The molecule has 0 saturated heterocycles. The minimum Gasteiger partial charge on any atom is -0.139 e. The third-order valence-electron chi connectivity index (χ3n) is 8.32. The molecule has 0 aliphatic heterocycles. The highest BCUT2D eigenvalue weighted by atomic mass is 32.1. The minimum absolute atomic E-state index is 1.17. The van der Waals surface area contributed by atoms with Crippen LogP contribution in [-0.4, -0.2) is 0 Å². The van der Waals surface area contributed by atoms with E-state index in [4.69, 9.17) is 0 Å². The van der Waals surface area contributed by atoms with Gasteiger partial charge in [0.25, 0.3) is 0 Å². The first kappa shape index (κ1) is 32.7. The molecule has 0 unspecified atom stereocenters. The highest BCUT2D eigenvalue weighted by Gasteiger charge is 2.17. The molecule has 0 nitrogen and oxygen atoms in total. The maximum Gasteiger partial charge on any atom is 0.0481 e. The molecule has 0 amide bonds. The molecule has 0 N–H and O–H groups in total. The van der Waals surface area contributed by atoms with Crippen LogP contribution in [0.4, 0.5) is 0 Å². The van der Waals surface area contributed by atoms with Crippen molar-refractivity contribution in [1.29, 1.82) is 0 Å². The summed E-state index contributed by atoms with van der Waals surface area (Å²) < 4.78 is 0. The summed E-state index contributed by atoms with van der Waals surface area (Å²) in [5, 5.41) is 0. The number of aryl methyl sites for hydroxylation is 4. The summed E-state index contributed by atoms with van der Waals surface area (Å²) in [4.78, 5) is 14.2. The highest BCUT2D eigenvalue weighted by molar-refractivity contribution is 7.30. The molecular weight excluding hydrogens is 641 g/mol. The van der Waals surface area contributed by atoms with Crippen LogP contribution in [0.2, 0.25) is 0 Å². The maximum atomic E-state index is 2.51. The molecule has 5 aromatic heterocycles. The largest absolute Gasteiger partial charge is 0.139 e. The van der Waals surface area contributed by atoms with Crippen molar-refractivity contribution in [2.45, 2.75) is 91.9 Å². The summed E-state index contributed by atoms with van der Waals surface area (Å²) in [6.07, 6.45) is 12.9. The van der Waals surface area contributed by atoms with E-state index < -0.39 is 0 Å². The summed E-state index contributed by atoms with van der Waals surface area (Å²) >= 11 is 9.83. The van der Waals surface area contributed by atoms with Gasteiger partial charge in [-0.2, -0.15) is 0 Å². The molecule has 0 saturated carbocycles. The first-order valence-corrected chi connectivity index (χ1v) is 20.7. The van der Waals surface area contributed by atoms with Gasteiger partial charge in [0.05, 0.1) is 0 Å². The standard InChI is InChI=1S/C40H44S5/c1-5-7-9-11-13-29-26-39(37-20-19-34(43-37)33-16-15-31(41-33)14-12-10-8-6-2)45-40(29)38-22-21-36(44-38)35-18-17-32(42-35)30-24-27(3)23-28(4)25-30/h15-26H,5-14H2,1-4H3. The summed E-state index contributed by atoms with van der Waals surface area (Å²) in [6, 6.07) is 28.1. The van der Waals surface area contributed by atoms with E-state index in [2.05, 4.69) is 100 Å². The molecule has 0 aliphatic carbocycles. The van der Waals surface area contributed by atoms with Crippen LogP contribution < -0.4 is 0 Å². The van der Waals surface area contributed by atoms with E-state index in [1.165, 1.54) is 135 Å². The summed E-state index contributed by atoms with van der Waals surface area (Å²) in [5.41, 5.74) is 5.52. The van der Waals surface area contributed by atoms with Gasteiger partial charge < -0.3 is 0 Å². The van der Waals surface area contributed by atoms with Crippen LogP contribution in [0, 0.1) is 13.8 Å². The molecule has 5 heterocycles. The zero-order valence-electron chi connectivity index (χ0n) is 27.0. The number of unbranched alkanes of at least 4 members (excludes halogenated alkanes) is 6. The fraction of sp³-hybridized carbons (Fsp3) is 0.350. The summed E-state index contributed by atoms with van der Waals surface area (Å²) in [5.74, 6) is 0. The molecule has 0 radical (unpaired) electrons. The summed E-state index contributed by atoms with van der Waals surface area (Å²) in [7, 11) is 0. The second kappa shape index (κ2) is 15.5. The molecule has 234 valence electrons. The van der Waals surface area contributed by atoms with Gasteiger partial charge in [-0.15, -0.1) is 56.7 Å². The lowest BCUT2D eigenvalue weighted by molar-refractivity contribution is 0.668. The first-order chi connectivity index (χ1) is 22.0. The SMILES string of the molecule is CCCCCCc1ccc(-c2ccc(-c3cc(CCCCCC)c(-c4ccc(-c5ccc(-c6cc(C)cc(C)c6)s5)s4)s3)s2)s1. The smallest absolute Gasteiger partial charge is 0.0481 e. The molecule has 45 heavy (non-hydrogen) atoms. The van der Waals surface area contributed by atoms with Crippen molar-refractivity contribution >= 4 is 56.7 Å². The van der Waals surface area contributed by atoms with Crippen molar-refractivity contribution in [3.63, 3.8) is 0 Å². The van der Waals surface area contributed by atoms with Crippen molar-refractivity contribution in [3.8, 4) is 49.5 Å². The van der Waals surface area contributed by atoms with E-state index in [1.54, 1.807) is 0 Å². The number of rotatable bonds is 15. The monoisotopic (exact) mass is 684 g/mol. The molecule has 5 heteroatoms. The van der Waals surface area contributed by atoms with Crippen LogP contribution >= 0.6 is 56.7 Å². The van der Waals surface area contributed by atoms with Crippen molar-refractivity contribution in [3.05, 3.63) is 94.4 Å². The Labute approximate surface area is 290 Å². The van der Waals surface area contributed by atoms with Crippen LogP contribution in [-0.2, 0) is 12.8 Å². The van der Waals surface area contributed by atoms with Gasteiger partial charge in [-0.05, 0) is 105 Å². The van der Waals surface area contributed by atoms with Gasteiger partial charge in [-0.1, -0.05) is 81.7 Å². The molecule has 6 rings (SSSR count). The molecule has 1 aromatic carbocycles. The molecule has 0 atom stereocenters. The zero-order chi connectivity index (χ0) is 31.2. The molecule has 0 fully saturated rings. The van der Waals surface area contributed by atoms with Gasteiger partial charge in [-0.25, -0.2) is 0 Å². The molecule has 6 aromatic rings. The average molecular weight is 685 g/mol. The second-order valence-electron chi connectivity index (χ2n) is 12.2. The Morgan fingerprint density at radius 2 is 0.933 bits per heavy atom. The highest BCUT2D eigenvalue weighted by Crippen LogP contribution is 2.47. The third-order valence-corrected chi connectivity index (χ3v) is 14.7. The number of benzene rings is 1. The van der Waals surface area contributed by atoms with Gasteiger partial charge in [0.15, 0.2) is 0 Å². The number of hydrogen-bond acceptors (Lipinski definition) is 5. The third kappa shape index (κ3) is 8.18. The van der Waals surface area contributed by atoms with Crippen molar-refractivity contribution in [2.24, 2.45) is 0 Å².